The van der Waals surface area contributed by atoms with Crippen LogP contribution in [0.1, 0.15) is 38.5 Å². The number of aliphatic hydroxyl groups is 1. The number of amides is 5. The summed E-state index contributed by atoms with van der Waals surface area (Å²) in [5.41, 5.74) is 15.8. The zero-order valence-corrected chi connectivity index (χ0v) is 17.5. The molecule has 0 bridgehead atoms. The number of nitrogens with one attached hydrogen (secondary N) is 2. The van der Waals surface area contributed by atoms with Crippen LogP contribution in [0.15, 0.2) is 0 Å². The van der Waals surface area contributed by atoms with Crippen molar-refractivity contribution >= 4 is 35.5 Å². The minimum absolute atomic E-state index is 0.0748. The van der Waals surface area contributed by atoms with E-state index < -0.39 is 66.3 Å². The Morgan fingerprint density at radius 1 is 0.938 bits per heavy atom. The summed E-state index contributed by atoms with van der Waals surface area (Å²) in [7, 11) is 0. The van der Waals surface area contributed by atoms with Gasteiger partial charge in [0, 0.05) is 19.4 Å². The molecule has 4 atom stereocenters. The molecule has 1 fully saturated rings. The van der Waals surface area contributed by atoms with Gasteiger partial charge in [-0.2, -0.15) is 0 Å². The second kappa shape index (κ2) is 12.6. The van der Waals surface area contributed by atoms with Crippen LogP contribution < -0.4 is 27.8 Å². The predicted molar refractivity (Wildman–Crippen MR) is 108 cm³/mol. The van der Waals surface area contributed by atoms with Gasteiger partial charge in [-0.25, -0.2) is 4.79 Å². The zero-order chi connectivity index (χ0) is 24.4. The van der Waals surface area contributed by atoms with E-state index in [1.54, 1.807) is 0 Å². The highest BCUT2D eigenvalue weighted by molar-refractivity contribution is 5.94. The SMILES string of the molecule is NC(=O)CCC(N)C(=O)NC(CCC(N)=O)C(=O)NC(CO)C(=O)N1CCCC1C(=O)O. The number of nitrogens with zero attached hydrogens (tertiary/aromatic N) is 1. The third kappa shape index (κ3) is 8.11. The van der Waals surface area contributed by atoms with Crippen LogP contribution in [-0.2, 0) is 28.8 Å². The lowest BCUT2D eigenvalue weighted by Crippen LogP contribution is -2.58. The van der Waals surface area contributed by atoms with Gasteiger partial charge in [0.15, 0.2) is 0 Å². The third-order valence-corrected chi connectivity index (χ3v) is 4.97. The average molecular weight is 458 g/mol. The van der Waals surface area contributed by atoms with E-state index in [0.29, 0.717) is 6.42 Å². The van der Waals surface area contributed by atoms with Gasteiger partial charge in [-0.1, -0.05) is 0 Å². The summed E-state index contributed by atoms with van der Waals surface area (Å²) in [4.78, 5) is 72.0. The molecular formula is C18H30N6O8. The van der Waals surface area contributed by atoms with Crippen LogP contribution in [0.4, 0.5) is 0 Å². The van der Waals surface area contributed by atoms with Gasteiger partial charge in [0.05, 0.1) is 12.6 Å². The van der Waals surface area contributed by atoms with Crippen molar-refractivity contribution in [2.24, 2.45) is 17.2 Å². The van der Waals surface area contributed by atoms with E-state index in [9.17, 15) is 39.0 Å². The van der Waals surface area contributed by atoms with Gasteiger partial charge < -0.3 is 42.9 Å². The molecule has 0 radical (unpaired) electrons. The first-order valence-corrected chi connectivity index (χ1v) is 10.0. The number of primary amides is 2. The van der Waals surface area contributed by atoms with E-state index in [2.05, 4.69) is 10.6 Å². The summed E-state index contributed by atoms with van der Waals surface area (Å²) in [6, 6.07) is -5.02. The molecule has 14 heteroatoms. The van der Waals surface area contributed by atoms with Crippen molar-refractivity contribution in [3.8, 4) is 0 Å². The third-order valence-electron chi connectivity index (χ3n) is 4.97. The van der Waals surface area contributed by atoms with Gasteiger partial charge >= 0.3 is 5.97 Å². The normalized spacial score (nSPS) is 18.3. The maximum atomic E-state index is 12.7. The number of aliphatic hydroxyl groups excluding tert-OH is 1. The molecule has 0 aromatic heterocycles. The summed E-state index contributed by atoms with van der Waals surface area (Å²) in [5, 5.41) is 23.4. The molecule has 1 rings (SSSR count). The largest absolute Gasteiger partial charge is 0.480 e. The van der Waals surface area contributed by atoms with Gasteiger partial charge in [-0.3, -0.25) is 24.0 Å². The smallest absolute Gasteiger partial charge is 0.326 e. The Kier molecular flexibility index (Phi) is 10.5. The van der Waals surface area contributed by atoms with Crippen LogP contribution in [0, 0.1) is 0 Å². The van der Waals surface area contributed by atoms with E-state index in [0.717, 1.165) is 4.90 Å². The second-order valence-corrected chi connectivity index (χ2v) is 7.45. The van der Waals surface area contributed by atoms with Crippen molar-refractivity contribution in [2.75, 3.05) is 13.2 Å². The van der Waals surface area contributed by atoms with Crippen molar-refractivity contribution in [1.82, 2.24) is 15.5 Å². The first-order chi connectivity index (χ1) is 15.0. The molecule has 0 aromatic rings. The molecule has 180 valence electrons. The molecule has 1 heterocycles. The van der Waals surface area contributed by atoms with Crippen molar-refractivity contribution in [1.29, 1.82) is 0 Å². The second-order valence-electron chi connectivity index (χ2n) is 7.45. The fourth-order valence-electron chi connectivity index (χ4n) is 3.21. The Balaban J connectivity index is 2.87. The highest BCUT2D eigenvalue weighted by Gasteiger charge is 2.38. The number of carboxylic acid groups (broad SMARTS) is 1. The van der Waals surface area contributed by atoms with Crippen molar-refractivity contribution < 1.29 is 39.0 Å². The Hall–Kier alpha value is -3.26. The lowest BCUT2D eigenvalue weighted by molar-refractivity contribution is -0.150. The molecule has 32 heavy (non-hydrogen) atoms. The molecule has 1 saturated heterocycles. The average Bonchev–Trinajstić information content (AvgIpc) is 3.22. The van der Waals surface area contributed by atoms with Crippen LogP contribution in [-0.4, -0.2) is 87.9 Å². The lowest BCUT2D eigenvalue weighted by Gasteiger charge is -2.28. The quantitative estimate of drug-likeness (QED) is 0.141. The highest BCUT2D eigenvalue weighted by Crippen LogP contribution is 2.18. The Morgan fingerprint density at radius 2 is 1.50 bits per heavy atom. The van der Waals surface area contributed by atoms with E-state index in [4.69, 9.17) is 17.2 Å². The minimum Gasteiger partial charge on any atom is -0.480 e. The van der Waals surface area contributed by atoms with Gasteiger partial charge in [0.1, 0.15) is 18.1 Å². The van der Waals surface area contributed by atoms with Crippen molar-refractivity contribution in [3.63, 3.8) is 0 Å². The monoisotopic (exact) mass is 458 g/mol. The molecule has 0 saturated carbocycles. The molecular weight excluding hydrogens is 428 g/mol. The number of carboxylic acids is 1. The lowest BCUT2D eigenvalue weighted by atomic mass is 10.1. The van der Waals surface area contributed by atoms with Gasteiger partial charge in [-0.05, 0) is 25.7 Å². The molecule has 1 aliphatic heterocycles. The summed E-state index contributed by atoms with van der Waals surface area (Å²) in [6.45, 7) is -0.666. The molecule has 0 aliphatic carbocycles. The van der Waals surface area contributed by atoms with E-state index in [1.807, 2.05) is 0 Å². The van der Waals surface area contributed by atoms with Crippen LogP contribution in [0.25, 0.3) is 0 Å². The minimum atomic E-state index is -1.46. The van der Waals surface area contributed by atoms with Gasteiger partial charge in [0.2, 0.25) is 29.5 Å². The predicted octanol–water partition coefficient (Wildman–Crippen LogP) is -4.12. The zero-order valence-electron chi connectivity index (χ0n) is 17.5. The summed E-state index contributed by atoms with van der Waals surface area (Å²) < 4.78 is 0. The highest BCUT2D eigenvalue weighted by atomic mass is 16.4. The molecule has 14 nitrogen and oxygen atoms in total. The van der Waals surface area contributed by atoms with Gasteiger partial charge in [0.25, 0.3) is 0 Å². The van der Waals surface area contributed by atoms with Crippen molar-refractivity contribution in [3.05, 3.63) is 0 Å². The first kappa shape index (κ1) is 26.8. The first-order valence-electron chi connectivity index (χ1n) is 10.0. The van der Waals surface area contributed by atoms with Crippen LogP contribution in [0.2, 0.25) is 0 Å². The standard InChI is InChI=1S/C18H30N6O8/c19-9(3-5-13(20)26)15(28)22-10(4-6-14(21)27)16(29)23-11(8-25)17(30)24-7-1-2-12(24)18(31)32/h9-12,25H,1-8,19H2,(H2,20,26)(H2,21,27)(H,22,28)(H,23,29)(H,31,32). The molecule has 0 spiro atoms. The fourth-order valence-corrected chi connectivity index (χ4v) is 3.21. The summed E-state index contributed by atoms with van der Waals surface area (Å²) >= 11 is 0. The Morgan fingerprint density at radius 3 is 2.03 bits per heavy atom. The summed E-state index contributed by atoms with van der Waals surface area (Å²) in [6.07, 6.45) is -0.0327. The number of aliphatic carboxylic acids is 1. The maximum Gasteiger partial charge on any atom is 0.326 e. The number of hydrogen-bond acceptors (Lipinski definition) is 8. The van der Waals surface area contributed by atoms with E-state index in [-0.39, 0.29) is 38.6 Å². The Bertz CT molecular complexity index is 745. The molecule has 1 aliphatic rings. The molecule has 4 unspecified atom stereocenters. The Labute approximate surface area is 183 Å². The number of likely N-dealkylation sites (tertiary alicyclic amines) is 1. The number of hydrogen-bond donors (Lipinski definition) is 7. The number of carbonyl (C=O) groups is 6. The van der Waals surface area contributed by atoms with Crippen LogP contribution >= 0.6 is 0 Å². The summed E-state index contributed by atoms with van der Waals surface area (Å²) in [5.74, 6) is -5.10. The molecule has 0 aromatic carbocycles. The van der Waals surface area contributed by atoms with E-state index in [1.165, 1.54) is 0 Å². The van der Waals surface area contributed by atoms with Crippen LogP contribution in [0.5, 0.6) is 0 Å². The van der Waals surface area contributed by atoms with Gasteiger partial charge in [-0.15, -0.1) is 0 Å². The molecule has 10 N–H and O–H groups in total. The fraction of sp³-hybridized carbons (Fsp3) is 0.667. The molecule has 5 amide bonds. The number of rotatable bonds is 13. The van der Waals surface area contributed by atoms with E-state index >= 15 is 0 Å². The number of carbonyl (C=O) groups excluding carboxylic acids is 5. The van der Waals surface area contributed by atoms with Crippen molar-refractivity contribution in [2.45, 2.75) is 62.7 Å². The van der Waals surface area contributed by atoms with Crippen LogP contribution in [0.3, 0.4) is 0 Å². The topological polar surface area (TPSA) is 248 Å². The number of nitrogens with two attached hydrogens (primary N) is 3. The maximum absolute atomic E-state index is 12.7.